The lowest BCUT2D eigenvalue weighted by Gasteiger charge is -2.42. The summed E-state index contributed by atoms with van der Waals surface area (Å²) in [6.45, 7) is 20.2. The molecule has 0 saturated carbocycles. The summed E-state index contributed by atoms with van der Waals surface area (Å²) >= 11 is 0. The van der Waals surface area contributed by atoms with E-state index in [1.807, 2.05) is 30.3 Å². The molecule has 0 aliphatic carbocycles. The zero-order valence-corrected chi connectivity index (χ0v) is 21.2. The van der Waals surface area contributed by atoms with Crippen molar-refractivity contribution in [3.8, 4) is 5.75 Å². The van der Waals surface area contributed by atoms with Gasteiger partial charge in [-0.1, -0.05) is 52.8 Å². The molecule has 4 atom stereocenters. The van der Waals surface area contributed by atoms with Crippen molar-refractivity contribution in [3.63, 3.8) is 0 Å². The van der Waals surface area contributed by atoms with Crippen molar-refractivity contribution in [3.05, 3.63) is 42.5 Å². The van der Waals surface area contributed by atoms with Gasteiger partial charge in [0.25, 0.3) is 0 Å². The predicted octanol–water partition coefficient (Wildman–Crippen LogP) is 6.27. The number of allylic oxidation sites excluding steroid dienone is 1. The lowest BCUT2D eigenvalue weighted by molar-refractivity contribution is -0.118. The first-order valence-corrected chi connectivity index (χ1v) is 13.8. The third-order valence-electron chi connectivity index (χ3n) is 6.28. The molecule has 4 nitrogen and oxygen atoms in total. The SMILES string of the molecule is C=C[C@@H](C)C[C@@H](C)[C@@H](O[Si](C)(C)C(C)(C)C)[C@@H](C=O)COCc1ccc(OC)cc1. The Hall–Kier alpha value is -1.43. The van der Waals surface area contributed by atoms with Crippen LogP contribution in [0.15, 0.2) is 36.9 Å². The Morgan fingerprint density at radius 3 is 2.20 bits per heavy atom. The topological polar surface area (TPSA) is 44.8 Å². The van der Waals surface area contributed by atoms with Crippen molar-refractivity contribution in [1.29, 1.82) is 0 Å². The van der Waals surface area contributed by atoms with Crippen molar-refractivity contribution in [2.75, 3.05) is 13.7 Å². The van der Waals surface area contributed by atoms with E-state index >= 15 is 0 Å². The zero-order chi connectivity index (χ0) is 22.9. The second kappa shape index (κ2) is 11.8. The Morgan fingerprint density at radius 2 is 1.73 bits per heavy atom. The van der Waals surface area contributed by atoms with E-state index < -0.39 is 8.32 Å². The fourth-order valence-corrected chi connectivity index (χ4v) is 4.65. The summed E-state index contributed by atoms with van der Waals surface area (Å²) in [6, 6.07) is 7.79. The number of hydrogen-bond acceptors (Lipinski definition) is 4. The fraction of sp³-hybridized carbons (Fsp3) is 0.640. The molecule has 1 aromatic carbocycles. The monoisotopic (exact) mass is 434 g/mol. The second-order valence-corrected chi connectivity index (χ2v) is 14.7. The van der Waals surface area contributed by atoms with Crippen LogP contribution in [0.1, 0.15) is 46.6 Å². The minimum absolute atomic E-state index is 0.0758. The molecule has 170 valence electrons. The van der Waals surface area contributed by atoms with Crippen molar-refractivity contribution >= 4 is 14.6 Å². The third kappa shape index (κ3) is 8.01. The summed E-state index contributed by atoms with van der Waals surface area (Å²) in [4.78, 5) is 12.1. The summed E-state index contributed by atoms with van der Waals surface area (Å²) in [5.41, 5.74) is 1.05. The number of methoxy groups -OCH3 is 1. The third-order valence-corrected chi connectivity index (χ3v) is 10.8. The molecule has 0 unspecified atom stereocenters. The lowest BCUT2D eigenvalue weighted by Crippen LogP contribution is -2.49. The van der Waals surface area contributed by atoms with E-state index in [-0.39, 0.29) is 23.0 Å². The second-order valence-electron chi connectivity index (χ2n) is 9.93. The summed E-state index contributed by atoms with van der Waals surface area (Å²) in [5.74, 6) is 1.12. The van der Waals surface area contributed by atoms with Crippen LogP contribution in [0.5, 0.6) is 5.75 Å². The van der Waals surface area contributed by atoms with Gasteiger partial charge in [-0.2, -0.15) is 0 Å². The lowest BCUT2D eigenvalue weighted by atomic mass is 9.87. The summed E-state index contributed by atoms with van der Waals surface area (Å²) in [6.07, 6.45) is 3.75. The fourth-order valence-electron chi connectivity index (χ4n) is 3.21. The molecule has 0 saturated heterocycles. The minimum atomic E-state index is -2.04. The molecule has 30 heavy (non-hydrogen) atoms. The molecule has 0 aromatic heterocycles. The van der Waals surface area contributed by atoms with Crippen LogP contribution >= 0.6 is 0 Å². The molecule has 0 N–H and O–H groups in total. The van der Waals surface area contributed by atoms with Gasteiger partial charge in [0.15, 0.2) is 8.32 Å². The summed E-state index contributed by atoms with van der Waals surface area (Å²) in [5, 5.41) is 0.0758. The number of ether oxygens (including phenoxy) is 2. The van der Waals surface area contributed by atoms with Gasteiger partial charge in [0.05, 0.1) is 32.3 Å². The van der Waals surface area contributed by atoms with E-state index in [0.717, 1.165) is 24.0 Å². The van der Waals surface area contributed by atoms with Crippen LogP contribution in [0.25, 0.3) is 0 Å². The molecule has 0 radical (unpaired) electrons. The number of carbonyl (C=O) groups is 1. The van der Waals surface area contributed by atoms with Crippen molar-refractivity contribution < 1.29 is 18.7 Å². The van der Waals surface area contributed by atoms with E-state index in [1.165, 1.54) is 0 Å². The van der Waals surface area contributed by atoms with Gasteiger partial charge in [-0.3, -0.25) is 0 Å². The van der Waals surface area contributed by atoms with E-state index in [4.69, 9.17) is 13.9 Å². The molecule has 1 rings (SSSR count). The van der Waals surface area contributed by atoms with E-state index in [0.29, 0.717) is 19.1 Å². The molecule has 5 heteroatoms. The van der Waals surface area contributed by atoms with Gasteiger partial charge in [-0.15, -0.1) is 6.58 Å². The standard InChI is InChI=1S/C25H42O4Si/c1-10-19(2)15-20(3)24(29-30(8,9)25(4,5)6)22(16-26)18-28-17-21-11-13-23(27-7)14-12-21/h10-14,16,19-20,22,24H,1,15,17-18H2,2-9H3/t19-,20-,22+,24-/m1/s1. The van der Waals surface area contributed by atoms with Gasteiger partial charge < -0.3 is 18.7 Å². The smallest absolute Gasteiger partial charge is 0.192 e. The minimum Gasteiger partial charge on any atom is -0.497 e. The number of hydrogen-bond donors (Lipinski definition) is 0. The van der Waals surface area contributed by atoms with E-state index in [9.17, 15) is 4.79 Å². The van der Waals surface area contributed by atoms with Crippen LogP contribution in [-0.4, -0.2) is 34.4 Å². The van der Waals surface area contributed by atoms with Crippen LogP contribution in [0, 0.1) is 17.8 Å². The average molecular weight is 435 g/mol. The highest BCUT2D eigenvalue weighted by atomic mass is 28.4. The van der Waals surface area contributed by atoms with Gasteiger partial charge in [0.1, 0.15) is 12.0 Å². The van der Waals surface area contributed by atoms with E-state index in [2.05, 4.69) is 54.3 Å². The molecular formula is C25H42O4Si. The number of benzene rings is 1. The summed E-state index contributed by atoms with van der Waals surface area (Å²) in [7, 11) is -0.389. The van der Waals surface area contributed by atoms with Gasteiger partial charge >= 0.3 is 0 Å². The first kappa shape index (κ1) is 26.6. The highest BCUT2D eigenvalue weighted by Crippen LogP contribution is 2.39. The first-order chi connectivity index (χ1) is 13.9. The first-order valence-electron chi connectivity index (χ1n) is 10.9. The Kier molecular flexibility index (Phi) is 10.5. The molecule has 0 aliphatic heterocycles. The maximum Gasteiger partial charge on any atom is 0.192 e. The average Bonchev–Trinajstić information content (AvgIpc) is 2.69. The maximum absolute atomic E-state index is 12.1. The van der Waals surface area contributed by atoms with Crippen molar-refractivity contribution in [1.82, 2.24) is 0 Å². The summed E-state index contributed by atoms with van der Waals surface area (Å²) < 4.78 is 17.9. The van der Waals surface area contributed by atoms with Crippen LogP contribution < -0.4 is 4.74 Å². The van der Waals surface area contributed by atoms with Crippen LogP contribution in [-0.2, 0) is 20.6 Å². The molecule has 0 heterocycles. The van der Waals surface area contributed by atoms with Crippen LogP contribution in [0.4, 0.5) is 0 Å². The zero-order valence-electron chi connectivity index (χ0n) is 20.2. The molecule has 0 spiro atoms. The highest BCUT2D eigenvalue weighted by molar-refractivity contribution is 6.74. The Bertz CT molecular complexity index is 648. The Balaban J connectivity index is 2.91. The van der Waals surface area contributed by atoms with Gasteiger partial charge in [0, 0.05) is 0 Å². The van der Waals surface area contributed by atoms with Crippen molar-refractivity contribution in [2.24, 2.45) is 17.8 Å². The predicted molar refractivity (Wildman–Crippen MR) is 127 cm³/mol. The quantitative estimate of drug-likeness (QED) is 0.209. The highest BCUT2D eigenvalue weighted by Gasteiger charge is 2.42. The molecule has 0 aliphatic rings. The van der Waals surface area contributed by atoms with Crippen molar-refractivity contribution in [2.45, 2.75) is 71.9 Å². The van der Waals surface area contributed by atoms with Crippen LogP contribution in [0.3, 0.4) is 0 Å². The Morgan fingerprint density at radius 1 is 1.13 bits per heavy atom. The molecule has 0 fully saturated rings. The normalized spacial score (nSPS) is 16.4. The molecule has 0 amide bonds. The van der Waals surface area contributed by atoms with Gasteiger partial charge in [-0.05, 0) is 54.1 Å². The number of carbonyl (C=O) groups excluding carboxylic acids is 1. The molecular weight excluding hydrogens is 392 g/mol. The number of aldehydes is 1. The van der Waals surface area contributed by atoms with Gasteiger partial charge in [0.2, 0.25) is 0 Å². The van der Waals surface area contributed by atoms with Crippen LogP contribution in [0.2, 0.25) is 18.1 Å². The maximum atomic E-state index is 12.1. The molecule has 0 bridgehead atoms. The largest absolute Gasteiger partial charge is 0.497 e. The Labute approximate surface area is 185 Å². The molecule has 1 aromatic rings. The van der Waals surface area contributed by atoms with Gasteiger partial charge in [-0.25, -0.2) is 0 Å². The number of rotatable bonds is 13. The van der Waals surface area contributed by atoms with E-state index in [1.54, 1.807) is 7.11 Å².